The van der Waals surface area contributed by atoms with Crippen LogP contribution in [0.2, 0.25) is 5.02 Å². The van der Waals surface area contributed by atoms with Gasteiger partial charge in [0, 0.05) is 12.3 Å². The predicted molar refractivity (Wildman–Crippen MR) is 101 cm³/mol. The van der Waals surface area contributed by atoms with Crippen molar-refractivity contribution in [2.75, 3.05) is 6.26 Å². The molecule has 27 heavy (non-hydrogen) atoms. The first-order chi connectivity index (χ1) is 13.0. The van der Waals surface area contributed by atoms with Crippen molar-refractivity contribution < 1.29 is 4.79 Å². The van der Waals surface area contributed by atoms with Crippen LogP contribution >= 0.6 is 23.4 Å². The molecule has 11 heteroatoms. The number of hydrogen-bond acceptors (Lipinski definition) is 8. The van der Waals surface area contributed by atoms with Gasteiger partial charge in [-0.25, -0.2) is 24.9 Å². The highest BCUT2D eigenvalue weighted by Gasteiger charge is 2.19. The first-order valence-corrected chi connectivity index (χ1v) is 9.33. The summed E-state index contributed by atoms with van der Waals surface area (Å²) in [4.78, 5) is 47.5. The van der Waals surface area contributed by atoms with E-state index in [2.05, 4.69) is 35.2 Å². The largest absolute Gasteiger partial charge is 0.341 e. The number of H-pyrrole nitrogens is 1. The number of carbonyl (C=O) groups is 1. The van der Waals surface area contributed by atoms with Crippen molar-refractivity contribution in [3.63, 3.8) is 0 Å². The van der Waals surface area contributed by atoms with Crippen LogP contribution in [0.4, 0.5) is 0 Å². The van der Waals surface area contributed by atoms with Crippen molar-refractivity contribution in [1.29, 1.82) is 0 Å². The summed E-state index contributed by atoms with van der Waals surface area (Å²) in [6.45, 7) is 1.69. The topological polar surface area (TPSA) is 126 Å². The second-order valence-corrected chi connectivity index (χ2v) is 6.54. The van der Waals surface area contributed by atoms with E-state index in [9.17, 15) is 9.59 Å². The molecule has 1 unspecified atom stereocenters. The molecule has 0 aromatic carbocycles. The number of aromatic nitrogens is 6. The molecule has 0 radical (unpaired) electrons. The summed E-state index contributed by atoms with van der Waals surface area (Å²) in [6.07, 6.45) is 6.08. The third-order valence-electron chi connectivity index (χ3n) is 3.48. The first kappa shape index (κ1) is 18.9. The minimum atomic E-state index is -0.601. The lowest BCUT2D eigenvalue weighted by Gasteiger charge is -2.14. The Bertz CT molecular complexity index is 1030. The number of amides is 1. The van der Waals surface area contributed by atoms with Gasteiger partial charge < -0.3 is 10.3 Å². The molecule has 0 aliphatic heterocycles. The van der Waals surface area contributed by atoms with Gasteiger partial charge >= 0.3 is 0 Å². The molecule has 0 bridgehead atoms. The van der Waals surface area contributed by atoms with Crippen molar-refractivity contribution in [1.82, 2.24) is 35.2 Å². The molecule has 3 rings (SSSR count). The normalized spacial score (nSPS) is 11.8. The molecular formula is C16H14ClN7O2S. The van der Waals surface area contributed by atoms with Gasteiger partial charge in [0.15, 0.2) is 10.9 Å². The van der Waals surface area contributed by atoms with Gasteiger partial charge in [0.25, 0.3) is 11.5 Å². The standard InChI is InChI=1S/C16H14ClN7O2S/c1-8(21-15(26)13-9(17)6-19-16(24-13)27-2)14-22-11(5-12(25)23-14)10-3-4-18-7-20-10/h3-8H,1-2H3,(H,21,26)(H,22,23,25). The van der Waals surface area contributed by atoms with E-state index in [4.69, 9.17) is 11.6 Å². The van der Waals surface area contributed by atoms with Crippen LogP contribution in [0, 0.1) is 0 Å². The number of thioether (sulfide) groups is 1. The van der Waals surface area contributed by atoms with Crippen molar-refractivity contribution in [3.8, 4) is 11.4 Å². The Hall–Kier alpha value is -2.85. The zero-order chi connectivity index (χ0) is 19.4. The number of aromatic amines is 1. The molecule has 0 saturated heterocycles. The van der Waals surface area contributed by atoms with Crippen molar-refractivity contribution in [3.05, 3.63) is 57.7 Å². The third-order valence-corrected chi connectivity index (χ3v) is 4.32. The zero-order valence-electron chi connectivity index (χ0n) is 14.3. The average Bonchev–Trinajstić information content (AvgIpc) is 2.68. The van der Waals surface area contributed by atoms with Crippen molar-refractivity contribution in [2.24, 2.45) is 0 Å². The molecule has 2 N–H and O–H groups in total. The van der Waals surface area contributed by atoms with Crippen LogP contribution in [-0.2, 0) is 0 Å². The summed E-state index contributed by atoms with van der Waals surface area (Å²) in [5.41, 5.74) is 0.568. The van der Waals surface area contributed by atoms with Crippen LogP contribution in [0.5, 0.6) is 0 Å². The van der Waals surface area contributed by atoms with Gasteiger partial charge in [-0.05, 0) is 19.2 Å². The lowest BCUT2D eigenvalue weighted by molar-refractivity contribution is 0.0932. The molecule has 0 saturated carbocycles. The first-order valence-electron chi connectivity index (χ1n) is 7.73. The minimum absolute atomic E-state index is 0.0529. The Morgan fingerprint density at radius 2 is 2.11 bits per heavy atom. The smallest absolute Gasteiger partial charge is 0.272 e. The van der Waals surface area contributed by atoms with E-state index in [0.29, 0.717) is 16.5 Å². The lowest BCUT2D eigenvalue weighted by atomic mass is 10.2. The summed E-state index contributed by atoms with van der Waals surface area (Å²) in [5.74, 6) is -0.222. The number of carbonyl (C=O) groups excluding carboxylic acids is 1. The zero-order valence-corrected chi connectivity index (χ0v) is 15.9. The van der Waals surface area contributed by atoms with Crippen molar-refractivity contribution in [2.45, 2.75) is 18.1 Å². The van der Waals surface area contributed by atoms with Crippen molar-refractivity contribution >= 4 is 29.3 Å². The molecule has 3 heterocycles. The summed E-state index contributed by atoms with van der Waals surface area (Å²) >= 11 is 7.32. The third kappa shape index (κ3) is 4.47. The average molecular weight is 404 g/mol. The molecule has 138 valence electrons. The fraction of sp³-hybridized carbons (Fsp3) is 0.188. The highest BCUT2D eigenvalue weighted by Crippen LogP contribution is 2.18. The molecule has 1 amide bonds. The highest BCUT2D eigenvalue weighted by atomic mass is 35.5. The summed E-state index contributed by atoms with van der Waals surface area (Å²) < 4.78 is 0. The van der Waals surface area contributed by atoms with Crippen LogP contribution in [0.1, 0.15) is 29.3 Å². The maximum Gasteiger partial charge on any atom is 0.272 e. The molecule has 3 aromatic heterocycles. The fourth-order valence-corrected chi connectivity index (χ4v) is 2.71. The second kappa shape index (κ2) is 8.23. The Kier molecular flexibility index (Phi) is 5.77. The summed E-state index contributed by atoms with van der Waals surface area (Å²) in [7, 11) is 0. The second-order valence-electron chi connectivity index (χ2n) is 5.36. The molecular weight excluding hydrogens is 390 g/mol. The van der Waals surface area contributed by atoms with Gasteiger partial charge in [-0.15, -0.1) is 0 Å². The molecule has 3 aromatic rings. The number of rotatable bonds is 5. The lowest BCUT2D eigenvalue weighted by Crippen LogP contribution is -2.30. The molecule has 0 spiro atoms. The van der Waals surface area contributed by atoms with Gasteiger partial charge in [0.05, 0.1) is 28.6 Å². The van der Waals surface area contributed by atoms with E-state index in [-0.39, 0.29) is 22.1 Å². The quantitative estimate of drug-likeness (QED) is 0.488. The van der Waals surface area contributed by atoms with Gasteiger partial charge in [-0.2, -0.15) is 0 Å². The Balaban J connectivity index is 1.86. The monoisotopic (exact) mass is 403 g/mol. The van der Waals surface area contributed by atoms with Crippen LogP contribution in [0.15, 0.2) is 40.8 Å². The summed E-state index contributed by atoms with van der Waals surface area (Å²) in [5, 5.41) is 3.28. The van der Waals surface area contributed by atoms with Gasteiger partial charge in [0.1, 0.15) is 12.2 Å². The molecule has 9 nitrogen and oxygen atoms in total. The molecule has 0 aliphatic carbocycles. The van der Waals surface area contributed by atoms with E-state index < -0.39 is 11.9 Å². The number of nitrogens with zero attached hydrogens (tertiary/aromatic N) is 5. The molecule has 0 fully saturated rings. The van der Waals surface area contributed by atoms with Gasteiger partial charge in [-0.3, -0.25) is 9.59 Å². The molecule has 1 atom stereocenters. The highest BCUT2D eigenvalue weighted by molar-refractivity contribution is 7.98. The number of halogens is 1. The van der Waals surface area contributed by atoms with E-state index in [1.807, 2.05) is 0 Å². The summed E-state index contributed by atoms with van der Waals surface area (Å²) in [6, 6.07) is 2.36. The van der Waals surface area contributed by atoms with E-state index >= 15 is 0 Å². The number of nitrogens with one attached hydrogen (secondary N) is 2. The maximum absolute atomic E-state index is 12.5. The SMILES string of the molecule is CSc1ncc(Cl)c(C(=O)NC(C)c2nc(-c3ccncn3)cc(=O)[nH]2)n1. The maximum atomic E-state index is 12.5. The Labute approximate surface area is 163 Å². The van der Waals surface area contributed by atoms with Gasteiger partial charge in [0.2, 0.25) is 0 Å². The van der Waals surface area contributed by atoms with E-state index in [1.165, 1.54) is 30.4 Å². The number of hydrogen-bond donors (Lipinski definition) is 2. The minimum Gasteiger partial charge on any atom is -0.341 e. The van der Waals surface area contributed by atoms with Crippen LogP contribution in [0.25, 0.3) is 11.4 Å². The van der Waals surface area contributed by atoms with E-state index in [1.54, 1.807) is 25.4 Å². The predicted octanol–water partition coefficient (Wildman–Crippen LogP) is 1.88. The van der Waals surface area contributed by atoms with Crippen LogP contribution < -0.4 is 10.9 Å². The van der Waals surface area contributed by atoms with Gasteiger partial charge in [-0.1, -0.05) is 23.4 Å². The van der Waals surface area contributed by atoms with E-state index in [0.717, 1.165) is 0 Å². The fourth-order valence-electron chi connectivity index (χ4n) is 2.20. The molecule has 0 aliphatic rings. The van der Waals surface area contributed by atoms with Crippen LogP contribution in [-0.4, -0.2) is 42.1 Å². The van der Waals surface area contributed by atoms with Crippen LogP contribution in [0.3, 0.4) is 0 Å². The Morgan fingerprint density at radius 3 is 2.81 bits per heavy atom. The Morgan fingerprint density at radius 1 is 1.30 bits per heavy atom.